The van der Waals surface area contributed by atoms with Crippen molar-refractivity contribution in [2.24, 2.45) is 0 Å². The predicted octanol–water partition coefficient (Wildman–Crippen LogP) is 6.11. The fourth-order valence-corrected chi connectivity index (χ4v) is 3.20. The maximum atomic E-state index is 12.0. The van der Waals surface area contributed by atoms with Gasteiger partial charge in [0.25, 0.3) is 0 Å². The van der Waals surface area contributed by atoms with Crippen molar-refractivity contribution in [1.82, 2.24) is 0 Å². The second-order valence-electron chi connectivity index (χ2n) is 6.39. The topological polar surface area (TPSA) is 44.8 Å². The first kappa shape index (κ1) is 24.0. The summed E-state index contributed by atoms with van der Waals surface area (Å²) < 4.78 is 28.9. The molecule has 5 heteroatoms. The summed E-state index contributed by atoms with van der Waals surface area (Å²) in [5, 5.41) is 0. The highest BCUT2D eigenvalue weighted by atomic mass is 31.1. The minimum Gasteiger partial charge on any atom is -0.379 e. The molecule has 0 aromatic rings. The molecule has 2 unspecified atom stereocenters. The van der Waals surface area contributed by atoms with Crippen LogP contribution in [0.4, 0.5) is 0 Å². The van der Waals surface area contributed by atoms with Crippen molar-refractivity contribution in [3.63, 3.8) is 0 Å². The summed E-state index contributed by atoms with van der Waals surface area (Å²) >= 11 is 0. The van der Waals surface area contributed by atoms with E-state index in [4.69, 9.17) is 14.0 Å². The zero-order valence-electron chi connectivity index (χ0n) is 16.3. The molecule has 0 radical (unpaired) electrons. The second kappa shape index (κ2) is 19.3. The van der Waals surface area contributed by atoms with Gasteiger partial charge in [0.1, 0.15) is 12.7 Å². The zero-order valence-corrected chi connectivity index (χ0v) is 17.2. The molecule has 0 aliphatic heterocycles. The van der Waals surface area contributed by atoms with Gasteiger partial charge in [-0.2, -0.15) is 0 Å². The van der Waals surface area contributed by atoms with Crippen LogP contribution in [0.25, 0.3) is 0 Å². The fourth-order valence-electron chi connectivity index (χ4n) is 2.25. The van der Waals surface area contributed by atoms with E-state index >= 15 is 0 Å². The number of hydrogen-bond acceptors (Lipinski definition) is 4. The largest absolute Gasteiger partial charge is 0.508 e. The average molecular weight is 363 g/mol. The third kappa shape index (κ3) is 16.8. The minimum atomic E-state index is -1.56. The summed E-state index contributed by atoms with van der Waals surface area (Å²) in [5.74, 6) is 0. The van der Waals surface area contributed by atoms with Crippen LogP contribution in [0.5, 0.6) is 0 Å². The van der Waals surface area contributed by atoms with Crippen LogP contribution in [0.15, 0.2) is 0 Å². The predicted molar refractivity (Wildman–Crippen MR) is 102 cm³/mol. The molecule has 4 nitrogen and oxygen atoms in total. The van der Waals surface area contributed by atoms with E-state index in [1.807, 2.05) is 0 Å². The highest BCUT2D eigenvalue weighted by molar-refractivity contribution is 7.39. The van der Waals surface area contributed by atoms with Crippen molar-refractivity contribution in [2.45, 2.75) is 91.1 Å². The van der Waals surface area contributed by atoms with Gasteiger partial charge in [0, 0.05) is 13.2 Å². The van der Waals surface area contributed by atoms with Gasteiger partial charge in [-0.05, 0) is 30.2 Å². The molecule has 0 aromatic carbocycles. The maximum absolute atomic E-state index is 12.0. The molecule has 0 aromatic heterocycles. The second-order valence-corrected chi connectivity index (χ2v) is 7.77. The van der Waals surface area contributed by atoms with Gasteiger partial charge in [-0.1, -0.05) is 59.3 Å². The van der Waals surface area contributed by atoms with Crippen LogP contribution in [-0.4, -0.2) is 38.7 Å². The molecule has 0 saturated carbocycles. The molecule has 0 fully saturated rings. The maximum Gasteiger partial charge on any atom is 0.508 e. The van der Waals surface area contributed by atoms with Gasteiger partial charge in [-0.15, -0.1) is 4.52 Å². The Balaban J connectivity index is 3.80. The van der Waals surface area contributed by atoms with Crippen molar-refractivity contribution in [3.8, 4) is 0 Å². The van der Waals surface area contributed by atoms with E-state index in [1.165, 1.54) is 25.7 Å². The van der Waals surface area contributed by atoms with Gasteiger partial charge >= 0.3 is 8.03 Å². The third-order valence-corrected chi connectivity index (χ3v) is 5.01. The van der Waals surface area contributed by atoms with E-state index in [9.17, 15) is 4.57 Å². The molecule has 24 heavy (non-hydrogen) atoms. The minimum absolute atomic E-state index is 0.100. The lowest BCUT2D eigenvalue weighted by atomic mass is 10.1. The molecule has 0 amide bonds. The molecular weight excluding hydrogens is 323 g/mol. The lowest BCUT2D eigenvalue weighted by Crippen LogP contribution is -2.25. The van der Waals surface area contributed by atoms with Crippen LogP contribution in [0, 0.1) is 0 Å². The Morgan fingerprint density at radius 1 is 0.750 bits per heavy atom. The van der Waals surface area contributed by atoms with Crippen LogP contribution < -0.4 is 0 Å². The number of rotatable bonds is 19. The van der Waals surface area contributed by atoms with Crippen molar-refractivity contribution in [2.75, 3.05) is 32.6 Å². The molecule has 0 aliphatic rings. The highest BCUT2D eigenvalue weighted by Gasteiger charge is 2.21. The first-order chi connectivity index (χ1) is 11.7. The molecule has 2 atom stereocenters. The van der Waals surface area contributed by atoms with Crippen molar-refractivity contribution in [3.05, 3.63) is 0 Å². The Kier molecular flexibility index (Phi) is 19.3. The fraction of sp³-hybridized carbons (Fsp3) is 1.00. The highest BCUT2D eigenvalue weighted by Crippen LogP contribution is 2.25. The van der Waals surface area contributed by atoms with Gasteiger partial charge in [0.2, 0.25) is 0 Å². The Hall–Kier alpha value is -0.0200. The zero-order chi connectivity index (χ0) is 17.9. The van der Waals surface area contributed by atoms with E-state index in [0.717, 1.165) is 51.7 Å². The van der Waals surface area contributed by atoms with Gasteiger partial charge in [0.05, 0.1) is 6.61 Å². The molecule has 0 N–H and O–H groups in total. The van der Waals surface area contributed by atoms with Crippen LogP contribution in [-0.2, 0) is 18.6 Å². The Morgan fingerprint density at radius 3 is 2.08 bits per heavy atom. The van der Waals surface area contributed by atoms with E-state index in [2.05, 4.69) is 20.8 Å². The molecule has 0 saturated heterocycles. The quantitative estimate of drug-likeness (QED) is 0.205. The monoisotopic (exact) mass is 363 g/mol. The normalized spacial score (nSPS) is 13.2. The van der Waals surface area contributed by atoms with Crippen molar-refractivity contribution < 1.29 is 18.6 Å². The lowest BCUT2D eigenvalue weighted by Gasteiger charge is -2.15. The van der Waals surface area contributed by atoms with E-state index in [0.29, 0.717) is 19.4 Å². The summed E-state index contributed by atoms with van der Waals surface area (Å²) in [6.07, 6.45) is 12.1. The summed E-state index contributed by atoms with van der Waals surface area (Å²) in [7, 11) is -1.56. The van der Waals surface area contributed by atoms with E-state index in [-0.39, 0.29) is 6.10 Å². The molecule has 0 heterocycles. The van der Waals surface area contributed by atoms with Crippen LogP contribution >= 0.6 is 8.03 Å². The standard InChI is InChI=1S/C19H40O4P/c1-4-7-10-11-12-13-16-24(20)23-18-19(22-15-9-6-3)17-21-14-8-5-2/h19H,4-18H2,1-3H3/q+1. The molecule has 0 aliphatic carbocycles. The number of ether oxygens (including phenoxy) is 2. The van der Waals surface area contributed by atoms with Gasteiger partial charge in [-0.3, -0.25) is 0 Å². The molecule has 0 rings (SSSR count). The summed E-state index contributed by atoms with van der Waals surface area (Å²) in [5.41, 5.74) is 0. The van der Waals surface area contributed by atoms with E-state index in [1.54, 1.807) is 0 Å². The Bertz CT molecular complexity index is 274. The number of unbranched alkanes of at least 4 members (excludes halogenated alkanes) is 7. The number of hydrogen-bond donors (Lipinski definition) is 0. The van der Waals surface area contributed by atoms with Gasteiger partial charge in [0.15, 0.2) is 6.16 Å². The van der Waals surface area contributed by atoms with Crippen molar-refractivity contribution >= 4 is 8.03 Å². The first-order valence-corrected chi connectivity index (χ1v) is 11.4. The SMILES string of the molecule is CCCCCCCC[P+](=O)OCC(COCCCC)OCCCC. The average Bonchev–Trinajstić information content (AvgIpc) is 2.59. The van der Waals surface area contributed by atoms with E-state index < -0.39 is 8.03 Å². The van der Waals surface area contributed by atoms with Crippen LogP contribution in [0.1, 0.15) is 85.0 Å². The summed E-state index contributed by atoms with van der Waals surface area (Å²) in [6, 6.07) is 0. The van der Waals surface area contributed by atoms with Crippen LogP contribution in [0.3, 0.4) is 0 Å². The van der Waals surface area contributed by atoms with Crippen molar-refractivity contribution in [1.29, 1.82) is 0 Å². The molecule has 0 bridgehead atoms. The Morgan fingerprint density at radius 2 is 1.38 bits per heavy atom. The summed E-state index contributed by atoms with van der Waals surface area (Å²) in [4.78, 5) is 0. The first-order valence-electron chi connectivity index (χ1n) is 10.0. The molecule has 0 spiro atoms. The Labute approximate surface area is 150 Å². The molecule has 144 valence electrons. The van der Waals surface area contributed by atoms with Gasteiger partial charge < -0.3 is 9.47 Å². The third-order valence-electron chi connectivity index (χ3n) is 3.90. The molecular formula is C19H40O4P+. The van der Waals surface area contributed by atoms with Gasteiger partial charge in [-0.25, -0.2) is 0 Å². The lowest BCUT2D eigenvalue weighted by molar-refractivity contribution is -0.0372. The smallest absolute Gasteiger partial charge is 0.379 e. The summed E-state index contributed by atoms with van der Waals surface area (Å²) in [6.45, 7) is 8.89. The van der Waals surface area contributed by atoms with Crippen LogP contribution in [0.2, 0.25) is 0 Å².